The van der Waals surface area contributed by atoms with Crippen LogP contribution in [-0.4, -0.2) is 24.7 Å². The van der Waals surface area contributed by atoms with Crippen LogP contribution in [0.5, 0.6) is 0 Å². The zero-order valence-electron chi connectivity index (χ0n) is 17.0. The maximum atomic E-state index is 6.32. The molecular formula is C23H30ClN3O. The van der Waals surface area contributed by atoms with Gasteiger partial charge in [-0.2, -0.15) is 0 Å². The van der Waals surface area contributed by atoms with E-state index in [2.05, 4.69) is 42.1 Å². The maximum Gasteiger partial charge on any atom is 0.130 e. The van der Waals surface area contributed by atoms with Gasteiger partial charge in [0.2, 0.25) is 0 Å². The van der Waals surface area contributed by atoms with Crippen molar-refractivity contribution in [3.8, 4) is 0 Å². The number of ether oxygens (including phenoxy) is 1. The second-order valence-electron chi connectivity index (χ2n) is 7.83. The molecule has 0 aliphatic carbocycles. The van der Waals surface area contributed by atoms with Crippen LogP contribution < -0.4 is 10.6 Å². The summed E-state index contributed by atoms with van der Waals surface area (Å²) in [6, 6.07) is 8.03. The fourth-order valence-corrected chi connectivity index (χ4v) is 3.62. The number of benzene rings is 1. The van der Waals surface area contributed by atoms with Gasteiger partial charge in [0.1, 0.15) is 5.82 Å². The first-order chi connectivity index (χ1) is 13.4. The van der Waals surface area contributed by atoms with Crippen molar-refractivity contribution < 1.29 is 4.74 Å². The topological polar surface area (TPSA) is 46.2 Å². The number of rotatable bonds is 7. The highest BCUT2D eigenvalue weighted by Gasteiger charge is 2.16. The van der Waals surface area contributed by atoms with Gasteiger partial charge in [0, 0.05) is 37.2 Å². The van der Waals surface area contributed by atoms with E-state index in [9.17, 15) is 0 Å². The minimum absolute atomic E-state index is 0.355. The lowest BCUT2D eigenvalue weighted by Crippen LogP contribution is -2.27. The van der Waals surface area contributed by atoms with Crippen molar-refractivity contribution in [2.24, 2.45) is 5.92 Å². The zero-order chi connectivity index (χ0) is 20.1. The minimum atomic E-state index is 0.355. The van der Waals surface area contributed by atoms with Crippen LogP contribution in [0.3, 0.4) is 0 Å². The van der Waals surface area contributed by atoms with Gasteiger partial charge in [-0.3, -0.25) is 0 Å². The van der Waals surface area contributed by atoms with Crippen molar-refractivity contribution in [3.63, 3.8) is 0 Å². The Hall–Kier alpha value is -2.04. The summed E-state index contributed by atoms with van der Waals surface area (Å²) in [7, 11) is 0. The number of hydrogen-bond acceptors (Lipinski definition) is 4. The molecule has 28 heavy (non-hydrogen) atoms. The summed E-state index contributed by atoms with van der Waals surface area (Å²) in [6.07, 6.45) is 4.12. The quantitative estimate of drug-likeness (QED) is 0.608. The van der Waals surface area contributed by atoms with E-state index in [0.29, 0.717) is 16.9 Å². The monoisotopic (exact) mass is 399 g/mol. The van der Waals surface area contributed by atoms with Gasteiger partial charge < -0.3 is 15.4 Å². The van der Waals surface area contributed by atoms with Crippen LogP contribution in [0.4, 0.5) is 11.5 Å². The summed E-state index contributed by atoms with van der Waals surface area (Å²) < 4.78 is 5.44. The number of hydrogen-bond donors (Lipinski definition) is 2. The molecule has 150 valence electrons. The summed E-state index contributed by atoms with van der Waals surface area (Å²) >= 11 is 6.32. The maximum absolute atomic E-state index is 6.32. The van der Waals surface area contributed by atoms with Crippen molar-refractivity contribution in [2.75, 3.05) is 25.1 Å². The van der Waals surface area contributed by atoms with E-state index in [1.54, 1.807) is 0 Å². The minimum Gasteiger partial charge on any atom is -0.385 e. The van der Waals surface area contributed by atoms with Gasteiger partial charge in [0.05, 0.1) is 10.7 Å². The zero-order valence-corrected chi connectivity index (χ0v) is 17.8. The number of pyridine rings is 1. The van der Waals surface area contributed by atoms with Crippen LogP contribution in [0.1, 0.15) is 49.3 Å². The summed E-state index contributed by atoms with van der Waals surface area (Å²) in [5.41, 5.74) is 5.24. The number of anilines is 2. The molecule has 0 bridgehead atoms. The Labute approximate surface area is 173 Å². The summed E-state index contributed by atoms with van der Waals surface area (Å²) in [4.78, 5) is 4.61. The van der Waals surface area contributed by atoms with Crippen LogP contribution in [0.25, 0.3) is 5.70 Å². The normalized spacial score (nSPS) is 14.9. The third-order valence-corrected chi connectivity index (χ3v) is 5.54. The third kappa shape index (κ3) is 5.27. The number of aromatic nitrogens is 1. The highest BCUT2D eigenvalue weighted by molar-refractivity contribution is 6.33. The smallest absolute Gasteiger partial charge is 0.130 e. The molecule has 2 N–H and O–H groups in total. The van der Waals surface area contributed by atoms with Gasteiger partial charge in [0.15, 0.2) is 0 Å². The Morgan fingerprint density at radius 2 is 2.04 bits per heavy atom. The SMILES string of the molecule is C=C(NCC1CCOCC1)c1cnc(Nc2cc(C)ccc2Cl)cc1C(C)C. The molecule has 1 aromatic heterocycles. The first-order valence-corrected chi connectivity index (χ1v) is 10.4. The Morgan fingerprint density at radius 1 is 1.29 bits per heavy atom. The molecule has 1 saturated heterocycles. The molecule has 0 unspecified atom stereocenters. The first kappa shape index (κ1) is 20.7. The van der Waals surface area contributed by atoms with Gasteiger partial charge in [-0.1, -0.05) is 38.1 Å². The molecule has 0 saturated carbocycles. The van der Waals surface area contributed by atoms with E-state index in [0.717, 1.165) is 60.9 Å². The average molecular weight is 400 g/mol. The molecule has 0 spiro atoms. The molecule has 1 aromatic carbocycles. The lowest BCUT2D eigenvalue weighted by molar-refractivity contribution is 0.0674. The van der Waals surface area contributed by atoms with E-state index in [1.165, 1.54) is 5.56 Å². The molecule has 0 atom stereocenters. The van der Waals surface area contributed by atoms with Gasteiger partial charge in [-0.15, -0.1) is 0 Å². The summed E-state index contributed by atoms with van der Waals surface area (Å²) in [5, 5.41) is 7.55. The summed E-state index contributed by atoms with van der Waals surface area (Å²) in [6.45, 7) is 13.3. The molecular weight excluding hydrogens is 370 g/mol. The van der Waals surface area contributed by atoms with Gasteiger partial charge >= 0.3 is 0 Å². The Balaban J connectivity index is 1.74. The lowest BCUT2D eigenvalue weighted by Gasteiger charge is -2.24. The van der Waals surface area contributed by atoms with Crippen molar-refractivity contribution in [1.82, 2.24) is 10.3 Å². The molecule has 1 aliphatic heterocycles. The highest BCUT2D eigenvalue weighted by atomic mass is 35.5. The van der Waals surface area contributed by atoms with Crippen LogP contribution in [0.15, 0.2) is 37.0 Å². The highest BCUT2D eigenvalue weighted by Crippen LogP contribution is 2.30. The molecule has 0 radical (unpaired) electrons. The van der Waals surface area contributed by atoms with Gasteiger partial charge in [-0.25, -0.2) is 4.98 Å². The Morgan fingerprint density at radius 3 is 2.75 bits per heavy atom. The van der Waals surface area contributed by atoms with E-state index in [-0.39, 0.29) is 0 Å². The second kappa shape index (κ2) is 9.44. The van der Waals surface area contributed by atoms with E-state index in [1.807, 2.05) is 31.3 Å². The summed E-state index contributed by atoms with van der Waals surface area (Å²) in [5.74, 6) is 1.79. The van der Waals surface area contributed by atoms with Crippen molar-refractivity contribution in [2.45, 2.75) is 39.5 Å². The van der Waals surface area contributed by atoms with E-state index < -0.39 is 0 Å². The van der Waals surface area contributed by atoms with E-state index >= 15 is 0 Å². The van der Waals surface area contributed by atoms with Crippen molar-refractivity contribution >= 4 is 28.8 Å². The molecule has 4 nitrogen and oxygen atoms in total. The number of nitrogens with zero attached hydrogens (tertiary/aromatic N) is 1. The second-order valence-corrected chi connectivity index (χ2v) is 8.24. The van der Waals surface area contributed by atoms with E-state index in [4.69, 9.17) is 16.3 Å². The molecule has 0 amide bonds. The molecule has 1 fully saturated rings. The molecule has 2 heterocycles. The largest absolute Gasteiger partial charge is 0.385 e. The van der Waals surface area contributed by atoms with Crippen molar-refractivity contribution in [1.29, 1.82) is 0 Å². The Bertz CT molecular complexity index is 829. The number of halogens is 1. The average Bonchev–Trinajstić information content (AvgIpc) is 2.69. The lowest BCUT2D eigenvalue weighted by atomic mass is 9.96. The third-order valence-electron chi connectivity index (χ3n) is 5.21. The van der Waals surface area contributed by atoms with Gasteiger partial charge in [0.25, 0.3) is 0 Å². The van der Waals surface area contributed by atoms with Gasteiger partial charge in [-0.05, 0) is 60.9 Å². The Kier molecular flexibility index (Phi) is 6.97. The molecule has 5 heteroatoms. The molecule has 3 rings (SSSR count). The predicted octanol–water partition coefficient (Wildman–Crippen LogP) is 5.90. The fraction of sp³-hybridized carbons (Fsp3) is 0.435. The standard InChI is InChI=1S/C23H30ClN3O/c1-15(2)19-12-23(27-22-11-16(3)5-6-21(22)24)26-14-20(19)17(4)25-13-18-7-9-28-10-8-18/h5-6,11-12,14-15,18,25H,4,7-10,13H2,1-3H3,(H,26,27). The van der Waals surface area contributed by atoms with Crippen LogP contribution in [-0.2, 0) is 4.74 Å². The number of nitrogens with one attached hydrogen (secondary N) is 2. The van der Waals surface area contributed by atoms with Crippen molar-refractivity contribution in [3.05, 3.63) is 58.8 Å². The fourth-order valence-electron chi connectivity index (χ4n) is 3.46. The molecule has 2 aromatic rings. The first-order valence-electron chi connectivity index (χ1n) is 9.98. The predicted molar refractivity (Wildman–Crippen MR) is 118 cm³/mol. The van der Waals surface area contributed by atoms with Crippen LogP contribution in [0, 0.1) is 12.8 Å². The molecule has 1 aliphatic rings. The van der Waals surface area contributed by atoms with Crippen LogP contribution in [0.2, 0.25) is 5.02 Å². The van der Waals surface area contributed by atoms with Crippen LogP contribution >= 0.6 is 11.6 Å². The number of aryl methyl sites for hydroxylation is 1.